The minimum absolute atomic E-state index is 0.208. The van der Waals surface area contributed by atoms with Crippen molar-refractivity contribution in [1.82, 2.24) is 0 Å². The van der Waals surface area contributed by atoms with Crippen molar-refractivity contribution in [3.63, 3.8) is 0 Å². The van der Waals surface area contributed by atoms with Gasteiger partial charge in [0.15, 0.2) is 0 Å². The Balaban J connectivity index is 3.50. The van der Waals surface area contributed by atoms with E-state index >= 15 is 0 Å². The molecule has 5 nitrogen and oxygen atoms in total. The first kappa shape index (κ1) is 16.9. The molecule has 0 aliphatic rings. The fraction of sp³-hybridized carbons (Fsp3) is 0.846. The summed E-state index contributed by atoms with van der Waals surface area (Å²) in [5, 5.41) is 0. The van der Waals surface area contributed by atoms with E-state index in [9.17, 15) is 9.59 Å². The summed E-state index contributed by atoms with van der Waals surface area (Å²) in [6.45, 7) is 6.38. The van der Waals surface area contributed by atoms with Gasteiger partial charge in [-0.2, -0.15) is 0 Å². The van der Waals surface area contributed by atoms with Crippen molar-refractivity contribution in [2.75, 3.05) is 26.4 Å². The number of ether oxygens (including phenoxy) is 3. The topological polar surface area (TPSA) is 61.8 Å². The molecule has 106 valence electrons. The summed E-state index contributed by atoms with van der Waals surface area (Å²) in [4.78, 5) is 22.3. The van der Waals surface area contributed by atoms with Crippen LogP contribution in [0.5, 0.6) is 0 Å². The highest BCUT2D eigenvalue weighted by atomic mass is 16.6. The minimum Gasteiger partial charge on any atom is -0.464 e. The second kappa shape index (κ2) is 11.0. The van der Waals surface area contributed by atoms with E-state index in [1.807, 2.05) is 13.8 Å². The van der Waals surface area contributed by atoms with Gasteiger partial charge in [-0.15, -0.1) is 0 Å². The summed E-state index contributed by atoms with van der Waals surface area (Å²) in [6, 6.07) is 0. The predicted octanol–water partition coefficient (Wildman–Crippen LogP) is 1.94. The number of esters is 2. The SMILES string of the molecule is CCCOC(=O)COCC(=O)OCC(C)CCC. The third-order valence-corrected chi connectivity index (χ3v) is 2.22. The van der Waals surface area contributed by atoms with Gasteiger partial charge in [0.2, 0.25) is 0 Å². The number of hydrogen-bond acceptors (Lipinski definition) is 5. The van der Waals surface area contributed by atoms with Crippen LogP contribution in [0.25, 0.3) is 0 Å². The van der Waals surface area contributed by atoms with Crippen molar-refractivity contribution >= 4 is 11.9 Å². The molecule has 0 bridgehead atoms. The largest absolute Gasteiger partial charge is 0.464 e. The Hall–Kier alpha value is -1.10. The van der Waals surface area contributed by atoms with E-state index in [2.05, 4.69) is 6.92 Å². The Labute approximate surface area is 109 Å². The summed E-state index contributed by atoms with van der Waals surface area (Å²) in [5.41, 5.74) is 0. The van der Waals surface area contributed by atoms with Gasteiger partial charge in [0, 0.05) is 0 Å². The molecule has 1 atom stereocenters. The number of carbonyl (C=O) groups excluding carboxylic acids is 2. The van der Waals surface area contributed by atoms with Crippen LogP contribution in [-0.4, -0.2) is 38.4 Å². The van der Waals surface area contributed by atoms with Gasteiger partial charge >= 0.3 is 11.9 Å². The Kier molecular flexibility index (Phi) is 10.3. The van der Waals surface area contributed by atoms with Gasteiger partial charge in [-0.1, -0.05) is 27.2 Å². The Bertz CT molecular complexity index is 240. The van der Waals surface area contributed by atoms with Crippen LogP contribution >= 0.6 is 0 Å². The zero-order chi connectivity index (χ0) is 13.8. The van der Waals surface area contributed by atoms with E-state index in [1.54, 1.807) is 0 Å². The summed E-state index contributed by atoms with van der Waals surface area (Å²) in [7, 11) is 0. The quantitative estimate of drug-likeness (QED) is 0.562. The van der Waals surface area contributed by atoms with Crippen LogP contribution in [0, 0.1) is 5.92 Å². The first-order chi connectivity index (χ1) is 8.60. The molecule has 0 fully saturated rings. The normalized spacial score (nSPS) is 11.9. The fourth-order valence-corrected chi connectivity index (χ4v) is 1.33. The van der Waals surface area contributed by atoms with Crippen LogP contribution in [0.4, 0.5) is 0 Å². The van der Waals surface area contributed by atoms with E-state index in [1.165, 1.54) is 0 Å². The first-order valence-corrected chi connectivity index (χ1v) is 6.49. The maximum absolute atomic E-state index is 11.2. The molecule has 0 spiro atoms. The molecule has 0 saturated carbocycles. The predicted molar refractivity (Wildman–Crippen MR) is 67.1 cm³/mol. The third-order valence-electron chi connectivity index (χ3n) is 2.22. The van der Waals surface area contributed by atoms with Crippen molar-refractivity contribution in [2.24, 2.45) is 5.92 Å². The van der Waals surface area contributed by atoms with E-state index < -0.39 is 11.9 Å². The average Bonchev–Trinajstić information content (AvgIpc) is 2.34. The van der Waals surface area contributed by atoms with Crippen molar-refractivity contribution in [1.29, 1.82) is 0 Å². The van der Waals surface area contributed by atoms with E-state index in [0.29, 0.717) is 19.1 Å². The van der Waals surface area contributed by atoms with Gasteiger partial charge in [0.05, 0.1) is 13.2 Å². The second-order valence-corrected chi connectivity index (χ2v) is 4.29. The minimum atomic E-state index is -0.455. The number of rotatable bonds is 10. The zero-order valence-corrected chi connectivity index (χ0v) is 11.6. The fourth-order valence-electron chi connectivity index (χ4n) is 1.33. The first-order valence-electron chi connectivity index (χ1n) is 6.49. The lowest BCUT2D eigenvalue weighted by atomic mass is 10.1. The van der Waals surface area contributed by atoms with Crippen LogP contribution in [0.3, 0.4) is 0 Å². The molecule has 0 aliphatic heterocycles. The standard InChI is InChI=1S/C13H24O5/c1-4-6-11(3)8-18-13(15)10-16-9-12(14)17-7-5-2/h11H,4-10H2,1-3H3. The molecule has 0 N–H and O–H groups in total. The lowest BCUT2D eigenvalue weighted by molar-refractivity contribution is -0.156. The molecule has 0 heterocycles. The molecule has 0 saturated heterocycles. The molecule has 5 heteroatoms. The highest BCUT2D eigenvalue weighted by Crippen LogP contribution is 2.05. The van der Waals surface area contributed by atoms with Gasteiger partial charge in [0.1, 0.15) is 13.2 Å². The van der Waals surface area contributed by atoms with Gasteiger partial charge in [-0.3, -0.25) is 0 Å². The Morgan fingerprint density at radius 2 is 1.61 bits per heavy atom. The smallest absolute Gasteiger partial charge is 0.332 e. The van der Waals surface area contributed by atoms with Crippen LogP contribution in [0.1, 0.15) is 40.0 Å². The van der Waals surface area contributed by atoms with Gasteiger partial charge in [0.25, 0.3) is 0 Å². The van der Waals surface area contributed by atoms with E-state index in [4.69, 9.17) is 14.2 Å². The van der Waals surface area contributed by atoms with Gasteiger partial charge in [-0.05, 0) is 18.8 Å². The van der Waals surface area contributed by atoms with Crippen molar-refractivity contribution in [2.45, 2.75) is 40.0 Å². The van der Waals surface area contributed by atoms with Crippen LogP contribution < -0.4 is 0 Å². The molecule has 0 aromatic rings. The highest BCUT2D eigenvalue weighted by molar-refractivity contribution is 5.73. The molecule has 18 heavy (non-hydrogen) atoms. The summed E-state index contributed by atoms with van der Waals surface area (Å²) >= 11 is 0. The van der Waals surface area contributed by atoms with Crippen molar-refractivity contribution in [3.05, 3.63) is 0 Å². The number of hydrogen-bond donors (Lipinski definition) is 0. The van der Waals surface area contributed by atoms with Crippen molar-refractivity contribution < 1.29 is 23.8 Å². The molecular formula is C13H24O5. The Morgan fingerprint density at radius 3 is 2.17 bits per heavy atom. The van der Waals surface area contributed by atoms with E-state index in [0.717, 1.165) is 19.3 Å². The van der Waals surface area contributed by atoms with Crippen LogP contribution in [-0.2, 0) is 23.8 Å². The summed E-state index contributed by atoms with van der Waals surface area (Å²) in [6.07, 6.45) is 2.86. The monoisotopic (exact) mass is 260 g/mol. The van der Waals surface area contributed by atoms with Crippen molar-refractivity contribution in [3.8, 4) is 0 Å². The molecule has 1 unspecified atom stereocenters. The number of carbonyl (C=O) groups is 2. The Morgan fingerprint density at radius 1 is 1.00 bits per heavy atom. The van der Waals surface area contributed by atoms with E-state index in [-0.39, 0.29) is 13.2 Å². The average molecular weight is 260 g/mol. The summed E-state index contributed by atoms with van der Waals surface area (Å²) < 4.78 is 14.7. The highest BCUT2D eigenvalue weighted by Gasteiger charge is 2.09. The molecular weight excluding hydrogens is 236 g/mol. The molecule has 0 aromatic carbocycles. The lowest BCUT2D eigenvalue weighted by Crippen LogP contribution is -2.20. The molecule has 0 rings (SSSR count). The van der Waals surface area contributed by atoms with Crippen LogP contribution in [0.2, 0.25) is 0 Å². The molecule has 0 amide bonds. The molecule has 0 aliphatic carbocycles. The molecule has 0 radical (unpaired) electrons. The maximum Gasteiger partial charge on any atom is 0.332 e. The third kappa shape index (κ3) is 10.1. The van der Waals surface area contributed by atoms with Gasteiger partial charge in [-0.25, -0.2) is 9.59 Å². The molecule has 0 aromatic heterocycles. The zero-order valence-electron chi connectivity index (χ0n) is 11.6. The summed E-state index contributed by atoms with van der Waals surface area (Å²) in [5.74, 6) is -0.543. The maximum atomic E-state index is 11.2. The van der Waals surface area contributed by atoms with Crippen LogP contribution in [0.15, 0.2) is 0 Å². The second-order valence-electron chi connectivity index (χ2n) is 4.29. The van der Waals surface area contributed by atoms with Gasteiger partial charge < -0.3 is 14.2 Å². The lowest BCUT2D eigenvalue weighted by Gasteiger charge is -2.10.